The minimum atomic E-state index is 0.880. The van der Waals surface area contributed by atoms with Crippen molar-refractivity contribution < 1.29 is 0 Å². The molecule has 0 N–H and O–H groups in total. The second kappa shape index (κ2) is 8.32. The minimum absolute atomic E-state index is 0.880. The Kier molecular flexibility index (Phi) is 8.32. The van der Waals surface area contributed by atoms with E-state index in [2.05, 4.69) is 34.6 Å². The molecule has 0 amide bonds. The van der Waals surface area contributed by atoms with Crippen LogP contribution < -0.4 is 0 Å². The molecule has 0 aromatic carbocycles. The number of unbranched alkanes of at least 4 members (excludes halogenated alkanes) is 1. The van der Waals surface area contributed by atoms with Crippen LogP contribution in [-0.4, -0.2) is 0 Å². The number of hydrogen-bond acceptors (Lipinski definition) is 0. The van der Waals surface area contributed by atoms with Gasteiger partial charge in [0.05, 0.1) is 0 Å². The molecule has 0 nitrogen and oxygen atoms in total. The van der Waals surface area contributed by atoms with Gasteiger partial charge in [-0.25, -0.2) is 0 Å². The molecule has 0 heteroatoms. The van der Waals surface area contributed by atoms with E-state index in [4.69, 9.17) is 0 Å². The summed E-state index contributed by atoms with van der Waals surface area (Å²) in [7, 11) is 0. The van der Waals surface area contributed by atoms with Crippen LogP contribution in [0.2, 0.25) is 0 Å². The van der Waals surface area contributed by atoms with Gasteiger partial charge in [0.2, 0.25) is 0 Å². The third kappa shape index (κ3) is 8.59. The second-order valence-electron chi connectivity index (χ2n) is 5.58. The Morgan fingerprint density at radius 2 is 1.36 bits per heavy atom. The predicted molar refractivity (Wildman–Crippen MR) is 66.5 cm³/mol. The second-order valence-corrected chi connectivity index (χ2v) is 5.58. The first kappa shape index (κ1) is 14.0. The van der Waals surface area contributed by atoms with Crippen LogP contribution in [0.15, 0.2) is 0 Å². The third-order valence-corrected chi connectivity index (χ3v) is 3.03. The maximum atomic E-state index is 2.34. The average Bonchev–Trinajstić information content (AvgIpc) is 2.09. The molecule has 0 saturated carbocycles. The van der Waals surface area contributed by atoms with E-state index < -0.39 is 0 Å². The molecule has 0 heterocycles. The lowest BCUT2D eigenvalue weighted by Gasteiger charge is -2.17. The van der Waals surface area contributed by atoms with Crippen LogP contribution in [0.5, 0.6) is 0 Å². The van der Waals surface area contributed by atoms with Gasteiger partial charge in [0.25, 0.3) is 0 Å². The van der Waals surface area contributed by atoms with Crippen LogP contribution in [0.25, 0.3) is 0 Å². The highest BCUT2D eigenvalue weighted by Gasteiger charge is 2.08. The summed E-state index contributed by atoms with van der Waals surface area (Å²) in [5.41, 5.74) is 0. The summed E-state index contributed by atoms with van der Waals surface area (Å²) in [5, 5.41) is 0. The fourth-order valence-corrected chi connectivity index (χ4v) is 2.14. The Morgan fingerprint density at radius 3 is 1.79 bits per heavy atom. The Bertz CT molecular complexity index is 113. The molecule has 0 aromatic heterocycles. The molecular weight excluding hydrogens is 168 g/mol. The topological polar surface area (TPSA) is 0 Å². The highest BCUT2D eigenvalue weighted by molar-refractivity contribution is 4.60. The largest absolute Gasteiger partial charge is 0.0651 e. The Labute approximate surface area is 91.5 Å². The Morgan fingerprint density at radius 1 is 0.786 bits per heavy atom. The van der Waals surface area contributed by atoms with Gasteiger partial charge in [-0.3, -0.25) is 0 Å². The molecule has 1 atom stereocenters. The maximum absolute atomic E-state index is 2.34. The monoisotopic (exact) mass is 198 g/mol. The van der Waals surface area contributed by atoms with E-state index in [-0.39, 0.29) is 0 Å². The molecule has 0 aliphatic rings. The first-order valence-corrected chi connectivity index (χ1v) is 6.56. The van der Waals surface area contributed by atoms with E-state index in [9.17, 15) is 0 Å². The van der Waals surface area contributed by atoms with Crippen molar-refractivity contribution >= 4 is 0 Å². The van der Waals surface area contributed by atoms with E-state index in [0.29, 0.717) is 0 Å². The van der Waals surface area contributed by atoms with Gasteiger partial charge in [0, 0.05) is 0 Å². The van der Waals surface area contributed by atoms with Crippen LogP contribution in [0.1, 0.15) is 73.1 Å². The molecule has 0 aliphatic carbocycles. The van der Waals surface area contributed by atoms with Gasteiger partial charge in [-0.1, -0.05) is 66.7 Å². The zero-order valence-corrected chi connectivity index (χ0v) is 11.0. The first-order valence-electron chi connectivity index (χ1n) is 6.56. The molecule has 0 spiro atoms. The van der Waals surface area contributed by atoms with Gasteiger partial charge in [-0.05, 0) is 24.2 Å². The van der Waals surface area contributed by atoms with Gasteiger partial charge in [-0.2, -0.15) is 0 Å². The molecule has 14 heavy (non-hydrogen) atoms. The predicted octanol–water partition coefficient (Wildman–Crippen LogP) is 5.28. The quantitative estimate of drug-likeness (QED) is 0.466. The Hall–Kier alpha value is 0. The lowest BCUT2D eigenvalue weighted by Crippen LogP contribution is -2.03. The average molecular weight is 198 g/mol. The molecule has 0 saturated heterocycles. The van der Waals surface area contributed by atoms with Crippen molar-refractivity contribution in [3.8, 4) is 0 Å². The van der Waals surface area contributed by atoms with Crippen molar-refractivity contribution in [1.29, 1.82) is 0 Å². The first-order chi connectivity index (χ1) is 6.56. The minimum Gasteiger partial charge on any atom is -0.0651 e. The SMILES string of the molecule is CCC(CCCCC(C)C)CC(C)C. The summed E-state index contributed by atoms with van der Waals surface area (Å²) < 4.78 is 0. The summed E-state index contributed by atoms with van der Waals surface area (Å²) in [6.45, 7) is 11.7. The highest BCUT2D eigenvalue weighted by Crippen LogP contribution is 2.22. The van der Waals surface area contributed by atoms with E-state index >= 15 is 0 Å². The summed E-state index contributed by atoms with van der Waals surface area (Å²) >= 11 is 0. The van der Waals surface area contributed by atoms with Gasteiger partial charge in [-0.15, -0.1) is 0 Å². The van der Waals surface area contributed by atoms with Crippen LogP contribution in [0, 0.1) is 17.8 Å². The normalized spacial score (nSPS) is 13.9. The molecule has 0 fully saturated rings. The van der Waals surface area contributed by atoms with Crippen molar-refractivity contribution in [2.24, 2.45) is 17.8 Å². The fourth-order valence-electron chi connectivity index (χ4n) is 2.14. The van der Waals surface area contributed by atoms with Crippen molar-refractivity contribution in [3.63, 3.8) is 0 Å². The summed E-state index contributed by atoms with van der Waals surface area (Å²) in [5.74, 6) is 2.76. The zero-order valence-electron chi connectivity index (χ0n) is 11.0. The lowest BCUT2D eigenvalue weighted by atomic mass is 9.89. The van der Waals surface area contributed by atoms with Gasteiger partial charge >= 0.3 is 0 Å². The fraction of sp³-hybridized carbons (Fsp3) is 1.00. The maximum Gasteiger partial charge on any atom is -0.0414 e. The van der Waals surface area contributed by atoms with E-state index in [1.165, 1.54) is 38.5 Å². The summed E-state index contributed by atoms with van der Waals surface area (Å²) in [4.78, 5) is 0. The number of hydrogen-bond donors (Lipinski definition) is 0. The zero-order chi connectivity index (χ0) is 11.0. The molecule has 1 unspecified atom stereocenters. The third-order valence-electron chi connectivity index (χ3n) is 3.03. The van der Waals surface area contributed by atoms with Crippen molar-refractivity contribution in [3.05, 3.63) is 0 Å². The van der Waals surface area contributed by atoms with Crippen LogP contribution in [-0.2, 0) is 0 Å². The molecule has 0 rings (SSSR count). The number of rotatable bonds is 8. The van der Waals surface area contributed by atoms with Crippen molar-refractivity contribution in [1.82, 2.24) is 0 Å². The molecule has 0 aliphatic heterocycles. The standard InChI is InChI=1S/C14H30/c1-6-14(11-13(4)5)10-8-7-9-12(2)3/h12-14H,6-11H2,1-5H3. The molecule has 0 radical (unpaired) electrons. The van der Waals surface area contributed by atoms with E-state index in [0.717, 1.165) is 17.8 Å². The van der Waals surface area contributed by atoms with Crippen molar-refractivity contribution in [2.75, 3.05) is 0 Å². The lowest BCUT2D eigenvalue weighted by molar-refractivity contribution is 0.358. The summed E-state index contributed by atoms with van der Waals surface area (Å²) in [6.07, 6.45) is 8.56. The van der Waals surface area contributed by atoms with Gasteiger partial charge in [0.15, 0.2) is 0 Å². The smallest absolute Gasteiger partial charge is 0.0414 e. The van der Waals surface area contributed by atoms with Gasteiger partial charge < -0.3 is 0 Å². The van der Waals surface area contributed by atoms with Gasteiger partial charge in [0.1, 0.15) is 0 Å². The molecular formula is C14H30. The summed E-state index contributed by atoms with van der Waals surface area (Å²) in [6, 6.07) is 0. The van der Waals surface area contributed by atoms with Crippen LogP contribution in [0.3, 0.4) is 0 Å². The van der Waals surface area contributed by atoms with Crippen LogP contribution in [0.4, 0.5) is 0 Å². The van der Waals surface area contributed by atoms with E-state index in [1.54, 1.807) is 0 Å². The van der Waals surface area contributed by atoms with Crippen molar-refractivity contribution in [2.45, 2.75) is 73.1 Å². The molecule has 0 bridgehead atoms. The molecule has 86 valence electrons. The Balaban J connectivity index is 3.43. The van der Waals surface area contributed by atoms with Crippen LogP contribution >= 0.6 is 0 Å². The highest BCUT2D eigenvalue weighted by atomic mass is 14.1. The van der Waals surface area contributed by atoms with E-state index in [1.807, 2.05) is 0 Å². The molecule has 0 aromatic rings.